The Hall–Kier alpha value is -2.96. The molecular formula is C12H7N3O4. The lowest BCUT2D eigenvalue weighted by atomic mass is 10.0. The van der Waals surface area contributed by atoms with Gasteiger partial charge in [0.05, 0.1) is 5.16 Å². The van der Waals surface area contributed by atoms with Crippen LogP contribution in [0.15, 0.2) is 47.1 Å². The minimum Gasteiger partial charge on any atom is -0.359 e. The van der Waals surface area contributed by atoms with E-state index in [1.807, 2.05) is 18.2 Å². The third kappa shape index (κ3) is 1.68. The van der Waals surface area contributed by atoms with Crippen LogP contribution >= 0.6 is 0 Å². The van der Waals surface area contributed by atoms with E-state index in [1.165, 1.54) is 0 Å². The maximum Gasteiger partial charge on any atom is 0.440 e. The van der Waals surface area contributed by atoms with Gasteiger partial charge in [-0.25, -0.2) is 0 Å². The summed E-state index contributed by atoms with van der Waals surface area (Å²) in [6.07, 6.45) is 0. The lowest BCUT2D eigenvalue weighted by Crippen LogP contribution is -2.25. The third-order valence-electron chi connectivity index (χ3n) is 2.81. The van der Waals surface area contributed by atoms with Crippen molar-refractivity contribution < 1.29 is 14.5 Å². The molecule has 0 aliphatic carbocycles. The van der Waals surface area contributed by atoms with Gasteiger partial charge >= 0.3 is 5.82 Å². The van der Waals surface area contributed by atoms with Crippen molar-refractivity contribution in [3.8, 4) is 11.3 Å². The summed E-state index contributed by atoms with van der Waals surface area (Å²) >= 11 is 0. The number of benzene rings is 2. The van der Waals surface area contributed by atoms with Crippen LogP contribution in [0.4, 0.5) is 5.82 Å². The van der Waals surface area contributed by atoms with Crippen molar-refractivity contribution in [2.45, 2.75) is 0 Å². The number of fused-ring (bicyclic) bond motifs is 1. The molecule has 19 heavy (non-hydrogen) atoms. The highest BCUT2D eigenvalue weighted by atomic mass is 16.8. The Morgan fingerprint density at radius 2 is 1.89 bits per heavy atom. The monoisotopic (exact) mass is 257 g/mol. The number of hydrogen-bond donors (Lipinski definition) is 0. The summed E-state index contributed by atoms with van der Waals surface area (Å²) in [4.78, 5) is 10.2. The van der Waals surface area contributed by atoms with Gasteiger partial charge in [0, 0.05) is 5.56 Å². The summed E-state index contributed by atoms with van der Waals surface area (Å²) in [6, 6.07) is 12.5. The van der Waals surface area contributed by atoms with Crippen molar-refractivity contribution in [3.05, 3.63) is 57.8 Å². The van der Waals surface area contributed by atoms with Crippen molar-refractivity contribution in [2.24, 2.45) is 0 Å². The molecule has 0 aliphatic rings. The third-order valence-corrected chi connectivity index (χ3v) is 2.81. The maximum absolute atomic E-state index is 11.6. The van der Waals surface area contributed by atoms with Gasteiger partial charge in [-0.1, -0.05) is 36.4 Å². The zero-order valence-corrected chi connectivity index (χ0v) is 9.52. The van der Waals surface area contributed by atoms with Crippen LogP contribution in [0, 0.1) is 15.3 Å². The first-order valence-corrected chi connectivity index (χ1v) is 5.41. The predicted octanol–water partition coefficient (Wildman–Crippen LogP) is 2.04. The molecule has 0 N–H and O–H groups in total. The highest BCUT2D eigenvalue weighted by Crippen LogP contribution is 2.31. The SMILES string of the molecule is O=[N+]([O-])c1no[n+]([O-])c1-c1cccc2ccccc12. The average molecular weight is 257 g/mol. The first kappa shape index (κ1) is 11.1. The van der Waals surface area contributed by atoms with Gasteiger partial charge in [-0.05, 0) is 26.7 Å². The number of hydrogen-bond acceptors (Lipinski definition) is 5. The standard InChI is InChI=1S/C12H7N3O4/c16-14(17)12-11(15(18)19-13-12)10-7-3-5-8-4-1-2-6-9(8)10/h1-7H. The normalized spacial score (nSPS) is 10.7. The Balaban J connectivity index is 2.37. The van der Waals surface area contributed by atoms with E-state index >= 15 is 0 Å². The van der Waals surface area contributed by atoms with Crippen LogP contribution in [0.25, 0.3) is 22.0 Å². The zero-order valence-electron chi connectivity index (χ0n) is 9.52. The maximum atomic E-state index is 11.6. The molecule has 1 heterocycles. The molecule has 3 rings (SSSR count). The minimum atomic E-state index is -0.741. The molecule has 0 saturated carbocycles. The van der Waals surface area contributed by atoms with Crippen molar-refractivity contribution in [1.29, 1.82) is 0 Å². The molecule has 0 fully saturated rings. The largest absolute Gasteiger partial charge is 0.440 e. The summed E-state index contributed by atoms with van der Waals surface area (Å²) < 4.78 is 4.33. The molecule has 0 radical (unpaired) electrons. The Kier molecular flexibility index (Phi) is 2.38. The Morgan fingerprint density at radius 3 is 2.68 bits per heavy atom. The first-order valence-electron chi connectivity index (χ1n) is 5.41. The van der Waals surface area contributed by atoms with Crippen molar-refractivity contribution in [1.82, 2.24) is 5.16 Å². The molecular weight excluding hydrogens is 250 g/mol. The van der Waals surface area contributed by atoms with Crippen LogP contribution < -0.4 is 4.90 Å². The number of nitro groups is 1. The van der Waals surface area contributed by atoms with E-state index in [9.17, 15) is 15.3 Å². The summed E-state index contributed by atoms with van der Waals surface area (Å²) in [7, 11) is 0. The van der Waals surface area contributed by atoms with Gasteiger partial charge in [-0.2, -0.15) is 0 Å². The topological polar surface area (TPSA) is 96.1 Å². The number of rotatable bonds is 2. The summed E-state index contributed by atoms with van der Waals surface area (Å²) in [5, 5.41) is 27.2. The Bertz CT molecular complexity index is 776. The van der Waals surface area contributed by atoms with E-state index in [2.05, 4.69) is 9.79 Å². The summed E-state index contributed by atoms with van der Waals surface area (Å²) in [5.74, 6) is -0.591. The van der Waals surface area contributed by atoms with Crippen LogP contribution in [-0.2, 0) is 0 Å². The molecule has 3 aromatic rings. The van der Waals surface area contributed by atoms with Crippen LogP contribution in [0.5, 0.6) is 0 Å². The van der Waals surface area contributed by atoms with Crippen molar-refractivity contribution >= 4 is 16.6 Å². The molecule has 0 amide bonds. The fraction of sp³-hybridized carbons (Fsp3) is 0. The molecule has 0 spiro atoms. The first-order chi connectivity index (χ1) is 9.18. The minimum absolute atomic E-state index is 0.0555. The molecule has 0 unspecified atom stereocenters. The van der Waals surface area contributed by atoms with Crippen LogP contribution in [0.1, 0.15) is 0 Å². The summed E-state index contributed by atoms with van der Waals surface area (Å²) in [5.41, 5.74) is 0.225. The average Bonchev–Trinajstić information content (AvgIpc) is 2.80. The molecule has 7 nitrogen and oxygen atoms in total. The lowest BCUT2D eigenvalue weighted by Gasteiger charge is -2.03. The van der Waals surface area contributed by atoms with Gasteiger partial charge in [-0.3, -0.25) is 4.63 Å². The van der Waals surface area contributed by atoms with E-state index in [0.29, 0.717) is 5.56 Å². The number of nitrogens with zero attached hydrogens (tertiary/aromatic N) is 3. The van der Waals surface area contributed by atoms with E-state index < -0.39 is 10.7 Å². The molecule has 94 valence electrons. The Labute approximate surface area is 106 Å². The second-order valence-corrected chi connectivity index (χ2v) is 3.89. The lowest BCUT2D eigenvalue weighted by molar-refractivity contribution is -0.793. The van der Waals surface area contributed by atoms with Gasteiger partial charge in [-0.15, -0.1) is 0 Å². The van der Waals surface area contributed by atoms with Crippen LogP contribution in [0.2, 0.25) is 0 Å². The highest BCUT2D eigenvalue weighted by Gasteiger charge is 2.27. The second kappa shape index (κ2) is 4.05. The van der Waals surface area contributed by atoms with Gasteiger partial charge in [0.1, 0.15) is 0 Å². The predicted molar refractivity (Wildman–Crippen MR) is 65.1 cm³/mol. The Morgan fingerprint density at radius 1 is 1.16 bits per heavy atom. The van der Waals surface area contributed by atoms with Crippen molar-refractivity contribution in [2.75, 3.05) is 0 Å². The molecule has 0 saturated heterocycles. The summed E-state index contributed by atoms with van der Waals surface area (Å²) in [6.45, 7) is 0. The van der Waals surface area contributed by atoms with Crippen molar-refractivity contribution in [3.63, 3.8) is 0 Å². The molecule has 0 bridgehead atoms. The van der Waals surface area contributed by atoms with Gasteiger partial charge < -0.3 is 15.3 Å². The molecule has 0 aliphatic heterocycles. The molecule has 1 aromatic heterocycles. The van der Waals surface area contributed by atoms with Gasteiger partial charge in [0.15, 0.2) is 0 Å². The van der Waals surface area contributed by atoms with E-state index in [0.717, 1.165) is 10.8 Å². The molecule has 2 aromatic carbocycles. The highest BCUT2D eigenvalue weighted by molar-refractivity contribution is 5.96. The van der Waals surface area contributed by atoms with E-state index in [-0.39, 0.29) is 10.6 Å². The quantitative estimate of drug-likeness (QED) is 0.397. The fourth-order valence-corrected chi connectivity index (χ4v) is 2.01. The van der Waals surface area contributed by atoms with E-state index in [1.54, 1.807) is 24.3 Å². The van der Waals surface area contributed by atoms with Gasteiger partial charge in [0.2, 0.25) is 0 Å². The fourth-order valence-electron chi connectivity index (χ4n) is 2.01. The van der Waals surface area contributed by atoms with Gasteiger partial charge in [0.25, 0.3) is 5.69 Å². The zero-order chi connectivity index (χ0) is 13.4. The molecule has 7 heteroatoms. The van der Waals surface area contributed by atoms with Crippen LogP contribution in [0.3, 0.4) is 0 Å². The number of aromatic nitrogens is 2. The second-order valence-electron chi connectivity index (χ2n) is 3.89. The van der Waals surface area contributed by atoms with E-state index in [4.69, 9.17) is 0 Å². The smallest absolute Gasteiger partial charge is 0.359 e. The molecule has 0 atom stereocenters. The van der Waals surface area contributed by atoms with Crippen LogP contribution in [-0.4, -0.2) is 10.1 Å².